The van der Waals surface area contributed by atoms with Crippen LogP contribution in [0.5, 0.6) is 0 Å². The predicted octanol–water partition coefficient (Wildman–Crippen LogP) is 2.52. The fourth-order valence-corrected chi connectivity index (χ4v) is 3.88. The monoisotopic (exact) mass is 298 g/mol. The van der Waals surface area contributed by atoms with Gasteiger partial charge >= 0.3 is 0 Å². The summed E-state index contributed by atoms with van der Waals surface area (Å²) in [5.74, 6) is 2.27. The van der Waals surface area contributed by atoms with Crippen LogP contribution in [-0.4, -0.2) is 48.0 Å². The van der Waals surface area contributed by atoms with Crippen molar-refractivity contribution in [1.29, 1.82) is 0 Å². The first-order valence-corrected chi connectivity index (χ1v) is 8.00. The Morgan fingerprint density at radius 1 is 1.58 bits per heavy atom. The normalized spacial score (nSPS) is 20.5. The highest BCUT2D eigenvalue weighted by Crippen LogP contribution is 2.27. The largest absolute Gasteiger partial charge is 0.358 e. The summed E-state index contributed by atoms with van der Waals surface area (Å²) in [6.45, 7) is 3.45. The van der Waals surface area contributed by atoms with E-state index in [1.807, 2.05) is 11.6 Å². The second-order valence-electron chi connectivity index (χ2n) is 5.37. The second kappa shape index (κ2) is 5.31. The van der Waals surface area contributed by atoms with Crippen molar-refractivity contribution in [3.63, 3.8) is 0 Å². The minimum absolute atomic E-state index is 0.502. The number of fused-ring (bicyclic) bond motifs is 1. The van der Waals surface area contributed by atoms with Crippen LogP contribution in [-0.2, 0) is 5.88 Å². The first-order chi connectivity index (χ1) is 9.19. The molecule has 104 valence electrons. The highest BCUT2D eigenvalue weighted by atomic mass is 35.5. The molecule has 1 aliphatic heterocycles. The van der Waals surface area contributed by atoms with E-state index in [0.29, 0.717) is 5.88 Å². The third-order valence-electron chi connectivity index (χ3n) is 3.85. The molecular formula is C13H19ClN4S. The Hall–Kier alpha value is -0.780. The van der Waals surface area contributed by atoms with Gasteiger partial charge in [-0.2, -0.15) is 0 Å². The number of thiazole rings is 1. The van der Waals surface area contributed by atoms with Gasteiger partial charge in [-0.3, -0.25) is 4.40 Å². The van der Waals surface area contributed by atoms with Gasteiger partial charge in [0.25, 0.3) is 0 Å². The molecule has 0 aromatic carbocycles. The Morgan fingerprint density at radius 3 is 3.11 bits per heavy atom. The molecule has 0 spiro atoms. The molecular weight excluding hydrogens is 280 g/mol. The number of nitrogens with zero attached hydrogens (tertiary/aromatic N) is 4. The van der Waals surface area contributed by atoms with Gasteiger partial charge in [-0.1, -0.05) is 0 Å². The lowest BCUT2D eigenvalue weighted by Crippen LogP contribution is -2.28. The SMILES string of the molecule is CN1CCC(CN(C)c2nc3sccn3c2CCl)C1. The maximum atomic E-state index is 6.10. The maximum absolute atomic E-state index is 6.10. The van der Waals surface area contributed by atoms with Crippen LogP contribution >= 0.6 is 22.9 Å². The van der Waals surface area contributed by atoms with Crippen molar-refractivity contribution in [2.24, 2.45) is 5.92 Å². The molecule has 1 aliphatic rings. The molecule has 19 heavy (non-hydrogen) atoms. The van der Waals surface area contributed by atoms with Crippen LogP contribution < -0.4 is 4.90 Å². The zero-order chi connectivity index (χ0) is 13.4. The molecule has 1 saturated heterocycles. The Kier molecular flexibility index (Phi) is 3.69. The Labute approximate surface area is 122 Å². The molecule has 2 aromatic heterocycles. The van der Waals surface area contributed by atoms with Gasteiger partial charge < -0.3 is 9.80 Å². The van der Waals surface area contributed by atoms with Crippen LogP contribution in [0.25, 0.3) is 4.96 Å². The van der Waals surface area contributed by atoms with Crippen LogP contribution in [0.2, 0.25) is 0 Å². The van der Waals surface area contributed by atoms with Crippen molar-refractivity contribution >= 4 is 33.7 Å². The number of halogens is 1. The molecule has 0 saturated carbocycles. The van der Waals surface area contributed by atoms with E-state index in [9.17, 15) is 0 Å². The van der Waals surface area contributed by atoms with Crippen LogP contribution in [0.4, 0.5) is 5.82 Å². The average molecular weight is 299 g/mol. The van der Waals surface area contributed by atoms with Crippen LogP contribution in [0.1, 0.15) is 12.1 Å². The topological polar surface area (TPSA) is 23.8 Å². The number of hydrogen-bond donors (Lipinski definition) is 0. The number of likely N-dealkylation sites (tertiary alicyclic amines) is 1. The van der Waals surface area contributed by atoms with Crippen molar-refractivity contribution in [1.82, 2.24) is 14.3 Å². The van der Waals surface area contributed by atoms with Gasteiger partial charge in [0.2, 0.25) is 0 Å². The van der Waals surface area contributed by atoms with Gasteiger partial charge in [0, 0.05) is 31.7 Å². The van der Waals surface area contributed by atoms with Crippen molar-refractivity contribution in [3.8, 4) is 0 Å². The maximum Gasteiger partial charge on any atom is 0.195 e. The molecule has 3 heterocycles. The summed E-state index contributed by atoms with van der Waals surface area (Å²) in [6.07, 6.45) is 3.32. The van der Waals surface area contributed by atoms with Crippen molar-refractivity contribution in [3.05, 3.63) is 17.3 Å². The van der Waals surface area contributed by atoms with Gasteiger partial charge in [-0.15, -0.1) is 22.9 Å². The fourth-order valence-electron chi connectivity index (χ4n) is 2.90. The zero-order valence-electron chi connectivity index (χ0n) is 11.3. The molecule has 0 bridgehead atoms. The van der Waals surface area contributed by atoms with Gasteiger partial charge in [-0.05, 0) is 25.9 Å². The van der Waals surface area contributed by atoms with E-state index < -0.39 is 0 Å². The van der Waals surface area contributed by atoms with Crippen molar-refractivity contribution in [2.45, 2.75) is 12.3 Å². The number of alkyl halides is 1. The molecule has 1 fully saturated rings. The van der Waals surface area contributed by atoms with E-state index in [0.717, 1.165) is 28.9 Å². The average Bonchev–Trinajstić information content (AvgIpc) is 3.03. The lowest BCUT2D eigenvalue weighted by Gasteiger charge is -2.22. The van der Waals surface area contributed by atoms with Gasteiger partial charge in [0.1, 0.15) is 0 Å². The summed E-state index contributed by atoms with van der Waals surface area (Å²) in [5.41, 5.74) is 1.10. The molecule has 0 amide bonds. The number of aromatic nitrogens is 2. The fraction of sp³-hybridized carbons (Fsp3) is 0.615. The second-order valence-corrected chi connectivity index (χ2v) is 6.51. The van der Waals surface area contributed by atoms with Gasteiger partial charge in [0.15, 0.2) is 10.8 Å². The van der Waals surface area contributed by atoms with Crippen molar-refractivity contribution < 1.29 is 0 Å². The molecule has 0 aliphatic carbocycles. The molecule has 2 aromatic rings. The quantitative estimate of drug-likeness (QED) is 0.811. The summed E-state index contributed by atoms with van der Waals surface area (Å²) in [7, 11) is 4.32. The Morgan fingerprint density at radius 2 is 2.42 bits per heavy atom. The molecule has 6 heteroatoms. The third-order valence-corrected chi connectivity index (χ3v) is 4.86. The van der Waals surface area contributed by atoms with E-state index in [2.05, 4.69) is 28.3 Å². The molecule has 1 atom stereocenters. The summed E-state index contributed by atoms with van der Waals surface area (Å²) in [4.78, 5) is 10.4. The minimum Gasteiger partial charge on any atom is -0.358 e. The molecule has 1 unspecified atom stereocenters. The van der Waals surface area contributed by atoms with Gasteiger partial charge in [0.05, 0.1) is 11.6 Å². The first kappa shape index (κ1) is 13.2. The van der Waals surface area contributed by atoms with Crippen molar-refractivity contribution in [2.75, 3.05) is 38.6 Å². The number of rotatable bonds is 4. The zero-order valence-corrected chi connectivity index (χ0v) is 12.9. The smallest absolute Gasteiger partial charge is 0.195 e. The van der Waals surface area contributed by atoms with E-state index in [-0.39, 0.29) is 0 Å². The third kappa shape index (κ3) is 2.47. The van der Waals surface area contributed by atoms with E-state index in [1.54, 1.807) is 11.3 Å². The molecule has 4 nitrogen and oxygen atoms in total. The van der Waals surface area contributed by atoms with Crippen LogP contribution in [0.15, 0.2) is 11.6 Å². The van der Waals surface area contributed by atoms with Gasteiger partial charge in [-0.25, -0.2) is 4.98 Å². The lowest BCUT2D eigenvalue weighted by molar-refractivity contribution is 0.395. The molecule has 0 N–H and O–H groups in total. The lowest BCUT2D eigenvalue weighted by atomic mass is 10.1. The standard InChI is InChI=1S/C13H19ClN4S/c1-16-4-3-10(8-16)9-17(2)12-11(7-14)18-5-6-19-13(18)15-12/h5-6,10H,3-4,7-9H2,1-2H3. The first-order valence-electron chi connectivity index (χ1n) is 6.59. The van der Waals surface area contributed by atoms with E-state index in [4.69, 9.17) is 16.6 Å². The Bertz CT molecular complexity index is 564. The molecule has 3 rings (SSSR count). The summed E-state index contributed by atoms with van der Waals surface area (Å²) < 4.78 is 2.10. The van der Waals surface area contributed by atoms with Crippen LogP contribution in [0.3, 0.4) is 0 Å². The molecule has 0 radical (unpaired) electrons. The highest BCUT2D eigenvalue weighted by molar-refractivity contribution is 7.15. The van der Waals surface area contributed by atoms with E-state index in [1.165, 1.54) is 19.5 Å². The predicted molar refractivity (Wildman–Crippen MR) is 81.5 cm³/mol. The summed E-state index contributed by atoms with van der Waals surface area (Å²) in [5, 5.41) is 2.05. The summed E-state index contributed by atoms with van der Waals surface area (Å²) >= 11 is 7.76. The number of imidazole rings is 1. The van der Waals surface area contributed by atoms with Crippen LogP contribution in [0, 0.1) is 5.92 Å². The minimum atomic E-state index is 0.502. The summed E-state index contributed by atoms with van der Waals surface area (Å²) in [6, 6.07) is 0. The van der Waals surface area contributed by atoms with E-state index >= 15 is 0 Å². The highest BCUT2D eigenvalue weighted by Gasteiger charge is 2.23. The Balaban J connectivity index is 1.80. The number of hydrogen-bond acceptors (Lipinski definition) is 4. The number of anilines is 1.